The summed E-state index contributed by atoms with van der Waals surface area (Å²) in [6.07, 6.45) is -1.73. The third kappa shape index (κ3) is 4.24. The normalized spacial score (nSPS) is 14.6. The van der Waals surface area contributed by atoms with Crippen LogP contribution >= 0.6 is 22.9 Å². The van der Waals surface area contributed by atoms with Crippen LogP contribution in [-0.4, -0.2) is 23.9 Å². The fourth-order valence-electron chi connectivity index (χ4n) is 3.77. The predicted octanol–water partition coefficient (Wildman–Crippen LogP) is 6.72. The Morgan fingerprint density at radius 1 is 1.16 bits per heavy atom. The number of halogens is 4. The molecule has 0 aliphatic carbocycles. The fraction of sp³-hybridized carbons (Fsp3) is 0.286. The number of carbonyl (C=O) groups is 1. The van der Waals surface area contributed by atoms with Crippen molar-refractivity contribution in [3.63, 3.8) is 0 Å². The van der Waals surface area contributed by atoms with E-state index in [-0.39, 0.29) is 26.0 Å². The number of hydrogen-bond acceptors (Lipinski definition) is 5. The second-order valence-corrected chi connectivity index (χ2v) is 8.79. The summed E-state index contributed by atoms with van der Waals surface area (Å²) in [5.74, 6) is -0.719. The monoisotopic (exact) mass is 483 g/mol. The number of amides is 1. The molecule has 6 nitrogen and oxygen atoms in total. The number of nitro groups is 1. The minimum absolute atomic E-state index is 0.00188. The Hall–Kier alpha value is -2.85. The van der Waals surface area contributed by atoms with Gasteiger partial charge in [0.1, 0.15) is 9.58 Å². The number of piperidine rings is 1. The van der Waals surface area contributed by atoms with Crippen LogP contribution in [0.1, 0.15) is 34.5 Å². The van der Waals surface area contributed by atoms with Gasteiger partial charge in [0, 0.05) is 24.5 Å². The Morgan fingerprint density at radius 3 is 2.53 bits per heavy atom. The van der Waals surface area contributed by atoms with Crippen LogP contribution in [0.4, 0.5) is 30.2 Å². The van der Waals surface area contributed by atoms with Crippen molar-refractivity contribution >= 4 is 56.0 Å². The minimum atomic E-state index is -4.57. The average molecular weight is 484 g/mol. The van der Waals surface area contributed by atoms with Crippen LogP contribution in [0.3, 0.4) is 0 Å². The zero-order chi connectivity index (χ0) is 23.0. The van der Waals surface area contributed by atoms with E-state index in [9.17, 15) is 28.1 Å². The van der Waals surface area contributed by atoms with Crippen molar-refractivity contribution in [1.82, 2.24) is 0 Å². The van der Waals surface area contributed by atoms with E-state index in [2.05, 4.69) is 5.32 Å². The standard InChI is InChI=1S/C21H17ClF3N3O3S/c22-17-13-5-4-6-16(28(30)31)18(13)32-19(17)20(29)26-14-11-12(21(23,24)25)7-8-15(14)27-9-2-1-3-10-27/h4-8,11H,1-3,9-10H2,(H,26,29). The molecule has 2 aromatic carbocycles. The van der Waals surface area contributed by atoms with Gasteiger partial charge < -0.3 is 10.2 Å². The van der Waals surface area contributed by atoms with Crippen molar-refractivity contribution < 1.29 is 22.9 Å². The van der Waals surface area contributed by atoms with Crippen LogP contribution in [0.15, 0.2) is 36.4 Å². The number of nitrogens with one attached hydrogen (secondary N) is 1. The Morgan fingerprint density at radius 2 is 1.88 bits per heavy atom. The zero-order valence-corrected chi connectivity index (χ0v) is 18.1. The summed E-state index contributed by atoms with van der Waals surface area (Å²) >= 11 is 7.16. The lowest BCUT2D eigenvalue weighted by molar-refractivity contribution is -0.382. The van der Waals surface area contributed by atoms with Crippen molar-refractivity contribution in [1.29, 1.82) is 0 Å². The molecule has 11 heteroatoms. The van der Waals surface area contributed by atoms with E-state index < -0.39 is 22.6 Å². The Kier molecular flexibility index (Phi) is 6.00. The van der Waals surface area contributed by atoms with Gasteiger partial charge in [0.2, 0.25) is 0 Å². The summed E-state index contributed by atoms with van der Waals surface area (Å²) in [4.78, 5) is 25.7. The molecule has 0 unspecified atom stereocenters. The minimum Gasteiger partial charge on any atom is -0.370 e. The number of carbonyl (C=O) groups excluding carboxylic acids is 1. The highest BCUT2D eigenvalue weighted by molar-refractivity contribution is 7.22. The SMILES string of the molecule is O=C(Nc1cc(C(F)(F)F)ccc1N1CCCCC1)c1sc2c([N+](=O)[O-])cccc2c1Cl. The molecule has 2 heterocycles. The van der Waals surface area contributed by atoms with Crippen LogP contribution in [0.25, 0.3) is 10.1 Å². The highest BCUT2D eigenvalue weighted by Gasteiger charge is 2.32. The first-order chi connectivity index (χ1) is 15.2. The molecular weight excluding hydrogens is 467 g/mol. The van der Waals surface area contributed by atoms with Gasteiger partial charge in [-0.2, -0.15) is 13.2 Å². The highest BCUT2D eigenvalue weighted by Crippen LogP contribution is 2.41. The van der Waals surface area contributed by atoms with Crippen molar-refractivity contribution in [2.75, 3.05) is 23.3 Å². The molecule has 3 aromatic rings. The van der Waals surface area contributed by atoms with Gasteiger partial charge in [-0.1, -0.05) is 23.7 Å². The smallest absolute Gasteiger partial charge is 0.370 e. The first-order valence-corrected chi connectivity index (χ1v) is 11.0. The van der Waals surface area contributed by atoms with E-state index >= 15 is 0 Å². The maximum absolute atomic E-state index is 13.3. The highest BCUT2D eigenvalue weighted by atomic mass is 35.5. The number of hydrogen-bond donors (Lipinski definition) is 1. The predicted molar refractivity (Wildman–Crippen MR) is 119 cm³/mol. The summed E-state index contributed by atoms with van der Waals surface area (Å²) < 4.78 is 40.2. The van der Waals surface area contributed by atoms with Gasteiger partial charge in [-0.25, -0.2) is 0 Å². The number of non-ortho nitro benzene ring substituents is 1. The van der Waals surface area contributed by atoms with E-state index in [0.717, 1.165) is 42.7 Å². The number of alkyl halides is 3. The lowest BCUT2D eigenvalue weighted by Gasteiger charge is -2.31. The average Bonchev–Trinajstić information content (AvgIpc) is 3.10. The van der Waals surface area contributed by atoms with Crippen LogP contribution in [0.2, 0.25) is 5.02 Å². The quantitative estimate of drug-likeness (QED) is 0.330. The number of fused-ring (bicyclic) bond motifs is 1. The van der Waals surface area contributed by atoms with Gasteiger partial charge in [-0.3, -0.25) is 14.9 Å². The third-order valence-electron chi connectivity index (χ3n) is 5.31. The van der Waals surface area contributed by atoms with Crippen LogP contribution in [0.5, 0.6) is 0 Å². The fourth-order valence-corrected chi connectivity index (χ4v) is 5.26. The molecule has 0 radical (unpaired) electrons. The van der Waals surface area contributed by atoms with E-state index in [1.165, 1.54) is 18.2 Å². The van der Waals surface area contributed by atoms with E-state index in [1.807, 2.05) is 4.90 Å². The molecule has 32 heavy (non-hydrogen) atoms. The van der Waals surface area contributed by atoms with Gasteiger partial charge in [0.25, 0.3) is 11.6 Å². The van der Waals surface area contributed by atoms with Crippen LogP contribution < -0.4 is 10.2 Å². The molecular formula is C21H17ClF3N3O3S. The van der Waals surface area contributed by atoms with E-state index in [4.69, 9.17) is 11.6 Å². The first-order valence-electron chi connectivity index (χ1n) is 9.80. The molecule has 0 spiro atoms. The Balaban J connectivity index is 1.74. The van der Waals surface area contributed by atoms with Gasteiger partial charge >= 0.3 is 6.18 Å². The van der Waals surface area contributed by atoms with Crippen LogP contribution in [0, 0.1) is 10.1 Å². The Bertz CT molecular complexity index is 1210. The molecule has 1 saturated heterocycles. The van der Waals surface area contributed by atoms with Gasteiger partial charge in [-0.05, 0) is 37.5 Å². The number of rotatable bonds is 4. The van der Waals surface area contributed by atoms with Crippen molar-refractivity contribution in [2.24, 2.45) is 0 Å². The van der Waals surface area contributed by atoms with Gasteiger partial charge in [-0.15, -0.1) is 11.3 Å². The van der Waals surface area contributed by atoms with Crippen molar-refractivity contribution in [3.8, 4) is 0 Å². The largest absolute Gasteiger partial charge is 0.416 e. The zero-order valence-electron chi connectivity index (χ0n) is 16.5. The van der Waals surface area contributed by atoms with Crippen molar-refractivity contribution in [3.05, 3.63) is 62.0 Å². The number of anilines is 2. The summed E-state index contributed by atoms with van der Waals surface area (Å²) in [6.45, 7) is 1.34. The molecule has 168 valence electrons. The molecule has 4 rings (SSSR count). The van der Waals surface area contributed by atoms with E-state index in [1.54, 1.807) is 6.07 Å². The van der Waals surface area contributed by atoms with E-state index in [0.29, 0.717) is 24.2 Å². The maximum Gasteiger partial charge on any atom is 0.416 e. The third-order valence-corrected chi connectivity index (χ3v) is 7.04. The lowest BCUT2D eigenvalue weighted by atomic mass is 10.1. The maximum atomic E-state index is 13.3. The second kappa shape index (κ2) is 8.59. The molecule has 1 amide bonds. The summed E-state index contributed by atoms with van der Waals surface area (Å²) in [5, 5.41) is 14.2. The summed E-state index contributed by atoms with van der Waals surface area (Å²) in [7, 11) is 0. The number of nitrogens with zero attached hydrogens (tertiary/aromatic N) is 2. The van der Waals surface area contributed by atoms with Gasteiger partial charge in [0.15, 0.2) is 0 Å². The molecule has 0 bridgehead atoms. The van der Waals surface area contributed by atoms with Crippen molar-refractivity contribution in [2.45, 2.75) is 25.4 Å². The topological polar surface area (TPSA) is 75.5 Å². The molecule has 0 saturated carbocycles. The molecule has 1 aliphatic rings. The molecule has 1 fully saturated rings. The number of benzene rings is 2. The van der Waals surface area contributed by atoms with Gasteiger partial charge in [0.05, 0.1) is 26.9 Å². The molecule has 0 atom stereocenters. The summed E-state index contributed by atoms with van der Waals surface area (Å²) in [5.41, 5.74) is -0.558. The number of thiophene rings is 1. The molecule has 1 aliphatic heterocycles. The van der Waals surface area contributed by atoms with Crippen LogP contribution in [-0.2, 0) is 6.18 Å². The summed E-state index contributed by atoms with van der Waals surface area (Å²) in [6, 6.07) is 7.59. The lowest BCUT2D eigenvalue weighted by Crippen LogP contribution is -2.30. The molecule has 1 aromatic heterocycles. The number of nitro benzene ring substituents is 1. The molecule has 1 N–H and O–H groups in total. The first kappa shape index (κ1) is 22.3. The second-order valence-electron chi connectivity index (χ2n) is 7.39. The Labute approximate surface area is 189 Å².